The molecule has 0 bridgehead atoms. The Balaban J connectivity index is 1.90. The van der Waals surface area contributed by atoms with Crippen molar-refractivity contribution in [1.29, 1.82) is 0 Å². The molecule has 0 aliphatic heterocycles. The van der Waals surface area contributed by atoms with Crippen LogP contribution in [0.25, 0.3) is 11.5 Å². The van der Waals surface area contributed by atoms with Crippen LogP contribution in [-0.2, 0) is 13.0 Å². The van der Waals surface area contributed by atoms with Gasteiger partial charge in [0.1, 0.15) is 10.7 Å². The van der Waals surface area contributed by atoms with Crippen LogP contribution in [0, 0.1) is 6.92 Å². The van der Waals surface area contributed by atoms with Gasteiger partial charge in [0.05, 0.1) is 12.2 Å². The number of nitrogens with zero attached hydrogens (tertiary/aromatic N) is 4. The Hall–Kier alpha value is -2.01. The Morgan fingerprint density at radius 3 is 2.90 bits per heavy atom. The summed E-state index contributed by atoms with van der Waals surface area (Å²) < 4.78 is 2.10. The molecule has 0 aromatic carbocycles. The van der Waals surface area contributed by atoms with Crippen LogP contribution in [0.1, 0.15) is 23.3 Å². The fraction of sp³-hybridized carbons (Fsp3) is 0.267. The van der Waals surface area contributed by atoms with Gasteiger partial charge in [-0.25, -0.2) is 15.0 Å². The Labute approximate surface area is 122 Å². The normalized spacial score (nSPS) is 10.9. The molecule has 0 spiro atoms. The van der Waals surface area contributed by atoms with Crippen LogP contribution in [0.5, 0.6) is 0 Å². The molecule has 3 heterocycles. The monoisotopic (exact) mass is 284 g/mol. The van der Waals surface area contributed by atoms with E-state index in [1.165, 1.54) is 0 Å². The lowest BCUT2D eigenvalue weighted by atomic mass is 10.3. The number of rotatable bonds is 4. The van der Waals surface area contributed by atoms with Crippen molar-refractivity contribution in [2.45, 2.75) is 26.8 Å². The van der Waals surface area contributed by atoms with Crippen LogP contribution in [0.2, 0.25) is 0 Å². The molecule has 102 valence electrons. The molecule has 0 aliphatic rings. The van der Waals surface area contributed by atoms with Gasteiger partial charge in [0.25, 0.3) is 0 Å². The van der Waals surface area contributed by atoms with Gasteiger partial charge in [-0.2, -0.15) is 0 Å². The minimum absolute atomic E-state index is 0.746. The van der Waals surface area contributed by atoms with E-state index in [9.17, 15) is 0 Å². The number of hydrogen-bond acceptors (Lipinski definition) is 4. The number of hydrogen-bond donors (Lipinski definition) is 0. The Bertz CT molecular complexity index is 714. The van der Waals surface area contributed by atoms with Crippen LogP contribution in [0.3, 0.4) is 0 Å². The molecule has 4 nitrogen and oxygen atoms in total. The smallest absolute Gasteiger partial charge is 0.159 e. The third-order valence-electron chi connectivity index (χ3n) is 3.10. The van der Waals surface area contributed by atoms with Crippen molar-refractivity contribution in [1.82, 2.24) is 19.5 Å². The van der Waals surface area contributed by atoms with Gasteiger partial charge in [-0.05, 0) is 25.5 Å². The molecule has 0 amide bonds. The van der Waals surface area contributed by atoms with E-state index >= 15 is 0 Å². The van der Waals surface area contributed by atoms with Gasteiger partial charge in [0.15, 0.2) is 5.82 Å². The number of pyridine rings is 1. The van der Waals surface area contributed by atoms with Crippen LogP contribution in [0.15, 0.2) is 36.0 Å². The van der Waals surface area contributed by atoms with Gasteiger partial charge < -0.3 is 4.57 Å². The molecular weight excluding hydrogens is 268 g/mol. The molecule has 0 saturated heterocycles. The quantitative estimate of drug-likeness (QED) is 0.738. The topological polar surface area (TPSA) is 43.6 Å². The van der Waals surface area contributed by atoms with Crippen molar-refractivity contribution in [3.05, 3.63) is 52.4 Å². The first-order valence-electron chi connectivity index (χ1n) is 6.64. The van der Waals surface area contributed by atoms with E-state index < -0.39 is 0 Å². The third kappa shape index (κ3) is 2.63. The van der Waals surface area contributed by atoms with E-state index in [0.717, 1.165) is 40.9 Å². The molecule has 5 heteroatoms. The summed E-state index contributed by atoms with van der Waals surface area (Å²) in [6.45, 7) is 4.86. The molecule has 3 aromatic heterocycles. The van der Waals surface area contributed by atoms with E-state index in [4.69, 9.17) is 0 Å². The summed E-state index contributed by atoms with van der Waals surface area (Å²) in [7, 11) is 0. The van der Waals surface area contributed by atoms with Crippen LogP contribution < -0.4 is 0 Å². The van der Waals surface area contributed by atoms with Gasteiger partial charge in [0.2, 0.25) is 0 Å². The summed E-state index contributed by atoms with van der Waals surface area (Å²) in [6, 6.07) is 5.99. The lowest BCUT2D eigenvalue weighted by Gasteiger charge is -2.06. The number of aryl methyl sites for hydroxylation is 2. The first-order chi connectivity index (χ1) is 9.76. The van der Waals surface area contributed by atoms with E-state index in [1.807, 2.05) is 37.5 Å². The first-order valence-corrected chi connectivity index (χ1v) is 7.52. The van der Waals surface area contributed by atoms with Crippen molar-refractivity contribution in [2.24, 2.45) is 0 Å². The summed E-state index contributed by atoms with van der Waals surface area (Å²) in [6.07, 6.45) is 4.77. The summed E-state index contributed by atoms with van der Waals surface area (Å²) in [5, 5.41) is 3.23. The fourth-order valence-electron chi connectivity index (χ4n) is 2.07. The third-order valence-corrected chi connectivity index (χ3v) is 3.98. The Morgan fingerprint density at radius 1 is 1.25 bits per heavy atom. The van der Waals surface area contributed by atoms with Gasteiger partial charge >= 0.3 is 0 Å². The van der Waals surface area contributed by atoms with E-state index in [-0.39, 0.29) is 0 Å². The van der Waals surface area contributed by atoms with E-state index in [1.54, 1.807) is 11.3 Å². The van der Waals surface area contributed by atoms with Gasteiger partial charge in [-0.1, -0.05) is 13.0 Å². The van der Waals surface area contributed by atoms with Crippen molar-refractivity contribution >= 4 is 11.3 Å². The minimum Gasteiger partial charge on any atom is -0.323 e. The predicted octanol–water partition coefficient (Wildman–Crippen LogP) is 3.32. The maximum absolute atomic E-state index is 4.61. The molecule has 0 saturated carbocycles. The molecule has 0 atom stereocenters. The Kier molecular flexibility index (Phi) is 3.60. The zero-order valence-electron chi connectivity index (χ0n) is 11.6. The van der Waals surface area contributed by atoms with Crippen molar-refractivity contribution in [2.75, 3.05) is 0 Å². The van der Waals surface area contributed by atoms with Crippen LogP contribution in [-0.4, -0.2) is 19.5 Å². The highest BCUT2D eigenvalue weighted by atomic mass is 32.1. The average Bonchev–Trinajstić information content (AvgIpc) is 3.08. The second-order valence-corrected chi connectivity index (χ2v) is 5.57. The molecule has 3 rings (SSSR count). The fourth-order valence-corrected chi connectivity index (χ4v) is 2.94. The number of thiazole rings is 1. The summed E-state index contributed by atoms with van der Waals surface area (Å²) in [5.74, 6) is 0.891. The standard InChI is InChI=1S/C15H16N4S/c1-3-12-10-20-14(18-12)9-19-8-7-16-15(19)13-6-4-5-11(2)17-13/h4-8,10H,3,9H2,1-2H3. The minimum atomic E-state index is 0.746. The molecule has 0 aliphatic carbocycles. The largest absolute Gasteiger partial charge is 0.323 e. The highest BCUT2D eigenvalue weighted by Gasteiger charge is 2.09. The average molecular weight is 284 g/mol. The van der Waals surface area contributed by atoms with Crippen molar-refractivity contribution < 1.29 is 0 Å². The molecule has 0 radical (unpaired) electrons. The molecule has 0 fully saturated rings. The second-order valence-electron chi connectivity index (χ2n) is 4.63. The zero-order chi connectivity index (χ0) is 13.9. The van der Waals surface area contributed by atoms with Crippen molar-refractivity contribution in [3.63, 3.8) is 0 Å². The summed E-state index contributed by atoms with van der Waals surface area (Å²) >= 11 is 1.70. The maximum Gasteiger partial charge on any atom is 0.159 e. The number of imidazole rings is 1. The summed E-state index contributed by atoms with van der Waals surface area (Å²) in [4.78, 5) is 13.6. The lowest BCUT2D eigenvalue weighted by Crippen LogP contribution is -2.02. The number of aromatic nitrogens is 4. The Morgan fingerprint density at radius 2 is 2.15 bits per heavy atom. The van der Waals surface area contributed by atoms with Gasteiger partial charge in [-0.15, -0.1) is 11.3 Å². The lowest BCUT2D eigenvalue weighted by molar-refractivity contribution is 0.790. The molecular formula is C15H16N4S. The molecule has 20 heavy (non-hydrogen) atoms. The predicted molar refractivity (Wildman–Crippen MR) is 80.8 cm³/mol. The van der Waals surface area contributed by atoms with E-state index in [2.05, 4.69) is 31.8 Å². The van der Waals surface area contributed by atoms with E-state index in [0.29, 0.717) is 0 Å². The summed E-state index contributed by atoms with van der Waals surface area (Å²) in [5.41, 5.74) is 3.06. The van der Waals surface area contributed by atoms with Crippen molar-refractivity contribution in [3.8, 4) is 11.5 Å². The highest BCUT2D eigenvalue weighted by molar-refractivity contribution is 7.09. The molecule has 0 unspecified atom stereocenters. The maximum atomic E-state index is 4.61. The van der Waals surface area contributed by atoms with Gasteiger partial charge in [-0.3, -0.25) is 0 Å². The first kappa shape index (κ1) is 13.0. The molecule has 3 aromatic rings. The van der Waals surface area contributed by atoms with Crippen LogP contribution >= 0.6 is 11.3 Å². The SMILES string of the molecule is CCc1csc(Cn2ccnc2-c2cccc(C)n2)n1. The van der Waals surface area contributed by atoms with Gasteiger partial charge in [0, 0.05) is 23.5 Å². The van der Waals surface area contributed by atoms with Crippen LogP contribution in [0.4, 0.5) is 0 Å². The highest BCUT2D eigenvalue weighted by Crippen LogP contribution is 2.18. The second kappa shape index (κ2) is 5.54. The zero-order valence-corrected chi connectivity index (χ0v) is 12.4. The molecule has 0 N–H and O–H groups in total.